The highest BCUT2D eigenvalue weighted by molar-refractivity contribution is 7.99. The molecule has 0 radical (unpaired) electrons. The van der Waals surface area contributed by atoms with Crippen LogP contribution in [-0.4, -0.2) is 34.5 Å². The Hall–Kier alpha value is -0.710. The third-order valence-electron chi connectivity index (χ3n) is 2.00. The van der Waals surface area contributed by atoms with Crippen molar-refractivity contribution >= 4 is 23.6 Å². The Morgan fingerprint density at radius 2 is 1.94 bits per heavy atom. The molecule has 0 spiro atoms. The number of thioether (sulfide) groups is 1. The first-order valence-electron chi connectivity index (χ1n) is 5.39. The molecule has 0 fully saturated rings. The Bertz CT molecular complexity index is 248. The van der Waals surface area contributed by atoms with Crippen LogP contribution >= 0.6 is 11.8 Å². The van der Waals surface area contributed by atoms with Crippen molar-refractivity contribution in [1.29, 1.82) is 0 Å². The average Bonchev–Trinajstić information content (AvgIpc) is 2.12. The van der Waals surface area contributed by atoms with Gasteiger partial charge < -0.3 is 10.4 Å². The predicted molar refractivity (Wildman–Crippen MR) is 66.6 cm³/mol. The minimum absolute atomic E-state index is 0.208. The smallest absolute Gasteiger partial charge is 0.326 e. The molecule has 0 aliphatic rings. The summed E-state index contributed by atoms with van der Waals surface area (Å²) in [5.74, 6) is 0.0519. The first-order chi connectivity index (χ1) is 7.29. The maximum atomic E-state index is 11.5. The van der Waals surface area contributed by atoms with Crippen molar-refractivity contribution in [3.63, 3.8) is 0 Å². The molecule has 0 aromatic rings. The van der Waals surface area contributed by atoms with Crippen molar-refractivity contribution in [2.45, 2.75) is 40.2 Å². The van der Waals surface area contributed by atoms with E-state index in [1.807, 2.05) is 6.92 Å². The Kier molecular flexibility index (Phi) is 6.48. The number of carbonyl (C=O) groups is 2. The lowest BCUT2D eigenvalue weighted by Crippen LogP contribution is -2.49. The molecule has 0 saturated heterocycles. The van der Waals surface area contributed by atoms with E-state index in [0.717, 1.165) is 12.2 Å². The maximum absolute atomic E-state index is 11.5. The largest absolute Gasteiger partial charge is 0.480 e. The summed E-state index contributed by atoms with van der Waals surface area (Å²) in [6.45, 7) is 7.43. The Labute approximate surface area is 101 Å². The molecule has 1 atom stereocenters. The molecule has 0 aliphatic carbocycles. The van der Waals surface area contributed by atoms with Crippen LogP contribution in [0.5, 0.6) is 0 Å². The molecular weight excluding hydrogens is 226 g/mol. The van der Waals surface area contributed by atoms with Gasteiger partial charge in [0.1, 0.15) is 6.04 Å². The monoisotopic (exact) mass is 247 g/mol. The SMILES string of the molecule is CCCSCC(=O)NC(C(=O)O)C(C)(C)C. The lowest BCUT2D eigenvalue weighted by atomic mass is 9.87. The van der Waals surface area contributed by atoms with Crippen LogP contribution in [-0.2, 0) is 9.59 Å². The fraction of sp³-hybridized carbons (Fsp3) is 0.818. The highest BCUT2D eigenvalue weighted by Crippen LogP contribution is 2.19. The number of hydrogen-bond acceptors (Lipinski definition) is 3. The lowest BCUT2D eigenvalue weighted by molar-refractivity contribution is -0.144. The van der Waals surface area contributed by atoms with E-state index in [2.05, 4.69) is 5.32 Å². The number of amides is 1. The van der Waals surface area contributed by atoms with Crippen LogP contribution in [0.15, 0.2) is 0 Å². The minimum Gasteiger partial charge on any atom is -0.480 e. The Morgan fingerprint density at radius 1 is 1.38 bits per heavy atom. The fourth-order valence-electron chi connectivity index (χ4n) is 1.16. The van der Waals surface area contributed by atoms with Gasteiger partial charge in [0.25, 0.3) is 0 Å². The van der Waals surface area contributed by atoms with Gasteiger partial charge in [0, 0.05) is 0 Å². The van der Waals surface area contributed by atoms with Crippen molar-refractivity contribution in [3.05, 3.63) is 0 Å². The number of carbonyl (C=O) groups excluding carboxylic acids is 1. The van der Waals surface area contributed by atoms with Crippen LogP contribution in [0.3, 0.4) is 0 Å². The summed E-state index contributed by atoms with van der Waals surface area (Å²) in [6.07, 6.45) is 1.01. The van der Waals surface area contributed by atoms with Gasteiger partial charge in [0.15, 0.2) is 0 Å². The molecule has 1 unspecified atom stereocenters. The zero-order valence-electron chi connectivity index (χ0n) is 10.4. The molecule has 0 rings (SSSR count). The van der Waals surface area contributed by atoms with Gasteiger partial charge in [-0.1, -0.05) is 27.7 Å². The van der Waals surface area contributed by atoms with Gasteiger partial charge in [0.05, 0.1) is 5.75 Å². The van der Waals surface area contributed by atoms with Crippen molar-refractivity contribution in [3.8, 4) is 0 Å². The number of nitrogens with one attached hydrogen (secondary N) is 1. The molecule has 16 heavy (non-hydrogen) atoms. The topological polar surface area (TPSA) is 66.4 Å². The minimum atomic E-state index is -0.985. The van der Waals surface area contributed by atoms with Gasteiger partial charge >= 0.3 is 5.97 Å². The normalized spacial score (nSPS) is 13.2. The van der Waals surface area contributed by atoms with E-state index in [1.54, 1.807) is 20.8 Å². The van der Waals surface area contributed by atoms with E-state index in [4.69, 9.17) is 5.11 Å². The van der Waals surface area contributed by atoms with E-state index >= 15 is 0 Å². The van der Waals surface area contributed by atoms with Crippen molar-refractivity contribution in [2.24, 2.45) is 5.41 Å². The van der Waals surface area contributed by atoms with Gasteiger partial charge in [-0.2, -0.15) is 11.8 Å². The van der Waals surface area contributed by atoms with Gasteiger partial charge in [-0.3, -0.25) is 4.79 Å². The number of carboxylic acids is 1. The average molecular weight is 247 g/mol. The van der Waals surface area contributed by atoms with E-state index in [1.165, 1.54) is 11.8 Å². The molecule has 0 aromatic carbocycles. The van der Waals surface area contributed by atoms with Crippen LogP contribution in [0.25, 0.3) is 0 Å². The molecular formula is C11H21NO3S. The molecule has 0 aromatic heterocycles. The summed E-state index contributed by atoms with van der Waals surface area (Å²) in [5, 5.41) is 11.6. The van der Waals surface area contributed by atoms with Crippen molar-refractivity contribution in [1.82, 2.24) is 5.32 Å². The van der Waals surface area contributed by atoms with Gasteiger partial charge in [-0.05, 0) is 17.6 Å². The zero-order valence-corrected chi connectivity index (χ0v) is 11.2. The van der Waals surface area contributed by atoms with Crippen molar-refractivity contribution < 1.29 is 14.7 Å². The first-order valence-corrected chi connectivity index (χ1v) is 6.54. The quantitative estimate of drug-likeness (QED) is 0.702. The van der Waals surface area contributed by atoms with Crippen molar-refractivity contribution in [2.75, 3.05) is 11.5 Å². The fourth-order valence-corrected chi connectivity index (χ4v) is 1.86. The van der Waals surface area contributed by atoms with Gasteiger partial charge in [0.2, 0.25) is 5.91 Å². The second-order valence-electron chi connectivity index (χ2n) is 4.76. The third-order valence-corrected chi connectivity index (χ3v) is 3.16. The van der Waals surface area contributed by atoms with Crippen LogP contribution in [0.1, 0.15) is 34.1 Å². The summed E-state index contributed by atoms with van der Waals surface area (Å²) < 4.78 is 0. The summed E-state index contributed by atoms with van der Waals surface area (Å²) in [6, 6.07) is -0.831. The van der Waals surface area contributed by atoms with Crippen LogP contribution in [0.2, 0.25) is 0 Å². The molecule has 0 saturated carbocycles. The molecule has 0 aliphatic heterocycles. The lowest BCUT2D eigenvalue weighted by Gasteiger charge is -2.27. The molecule has 94 valence electrons. The third kappa shape index (κ3) is 6.00. The molecule has 0 bridgehead atoms. The summed E-state index contributed by atoms with van der Waals surface area (Å²) in [5.41, 5.74) is -0.475. The standard InChI is InChI=1S/C11H21NO3S/c1-5-6-16-7-8(13)12-9(10(14)15)11(2,3)4/h9H,5-7H2,1-4H3,(H,12,13)(H,14,15). The molecule has 1 amide bonds. The Balaban J connectivity index is 4.21. The molecule has 4 nitrogen and oxygen atoms in total. The zero-order chi connectivity index (χ0) is 12.8. The number of carboxylic acid groups (broad SMARTS) is 1. The highest BCUT2D eigenvalue weighted by Gasteiger charge is 2.32. The Morgan fingerprint density at radius 3 is 2.31 bits per heavy atom. The van der Waals surface area contributed by atoms with E-state index in [9.17, 15) is 9.59 Å². The molecule has 0 heterocycles. The van der Waals surface area contributed by atoms with Crippen LogP contribution in [0.4, 0.5) is 0 Å². The predicted octanol–water partition coefficient (Wildman–Crippen LogP) is 1.75. The second-order valence-corrected chi connectivity index (χ2v) is 5.86. The first kappa shape index (κ1) is 15.3. The van der Waals surface area contributed by atoms with E-state index in [0.29, 0.717) is 5.75 Å². The summed E-state index contributed by atoms with van der Waals surface area (Å²) in [7, 11) is 0. The van der Waals surface area contributed by atoms with E-state index < -0.39 is 17.4 Å². The van der Waals surface area contributed by atoms with E-state index in [-0.39, 0.29) is 5.91 Å². The van der Waals surface area contributed by atoms with Crippen LogP contribution < -0.4 is 5.32 Å². The highest BCUT2D eigenvalue weighted by atomic mass is 32.2. The molecule has 2 N–H and O–H groups in total. The van der Waals surface area contributed by atoms with Gasteiger partial charge in [-0.25, -0.2) is 4.79 Å². The summed E-state index contributed by atoms with van der Waals surface area (Å²) >= 11 is 1.52. The number of hydrogen-bond donors (Lipinski definition) is 2. The maximum Gasteiger partial charge on any atom is 0.326 e. The van der Waals surface area contributed by atoms with Crippen LogP contribution in [0, 0.1) is 5.41 Å². The number of aliphatic carboxylic acids is 1. The molecule has 5 heteroatoms. The summed E-state index contributed by atoms with van der Waals surface area (Å²) in [4.78, 5) is 22.5. The van der Waals surface area contributed by atoms with Gasteiger partial charge in [-0.15, -0.1) is 0 Å². The second kappa shape index (κ2) is 6.78. The number of rotatable bonds is 6.